The molecule has 0 aromatic heterocycles. The van der Waals surface area contributed by atoms with Crippen LogP contribution in [0.5, 0.6) is 0 Å². The Hall–Kier alpha value is -0.820. The molecule has 0 spiro atoms. The zero-order valence-electron chi connectivity index (χ0n) is 9.34. The van der Waals surface area contributed by atoms with E-state index in [1.165, 1.54) is 13.1 Å². The number of nitrogens with zero attached hydrogens (tertiary/aromatic N) is 1. The maximum Gasteiger partial charge on any atom is 0.490 e. The van der Waals surface area contributed by atoms with Crippen LogP contribution in [0.1, 0.15) is 13.8 Å². The van der Waals surface area contributed by atoms with Crippen LogP contribution in [0, 0.1) is 0 Å². The zero-order chi connectivity index (χ0) is 12.8. The van der Waals surface area contributed by atoms with Crippen molar-refractivity contribution in [1.29, 1.82) is 0 Å². The van der Waals surface area contributed by atoms with Gasteiger partial charge in [-0.25, -0.2) is 4.79 Å². The first kappa shape index (κ1) is 15.2. The number of hydrogen-bond donors (Lipinski definition) is 2. The summed E-state index contributed by atoms with van der Waals surface area (Å²) < 4.78 is 31.7. The van der Waals surface area contributed by atoms with Crippen molar-refractivity contribution in [2.24, 2.45) is 0 Å². The van der Waals surface area contributed by atoms with Gasteiger partial charge in [0.25, 0.3) is 0 Å². The molecule has 1 aliphatic rings. The van der Waals surface area contributed by atoms with E-state index in [0.717, 1.165) is 19.1 Å². The smallest absolute Gasteiger partial charge is 0.475 e. The molecule has 0 aliphatic carbocycles. The summed E-state index contributed by atoms with van der Waals surface area (Å²) in [6, 6.07) is 0.740. The molecule has 1 fully saturated rings. The lowest BCUT2D eigenvalue weighted by molar-refractivity contribution is -0.192. The molecule has 0 aromatic rings. The van der Waals surface area contributed by atoms with E-state index in [1.807, 2.05) is 0 Å². The molecular formula is C9H17F3N2O2. The highest BCUT2D eigenvalue weighted by molar-refractivity contribution is 5.73. The normalized spacial score (nSPS) is 22.2. The minimum Gasteiger partial charge on any atom is -0.475 e. The number of piperazine rings is 1. The van der Waals surface area contributed by atoms with Crippen LogP contribution in [0.4, 0.5) is 13.2 Å². The summed E-state index contributed by atoms with van der Waals surface area (Å²) in [4.78, 5) is 11.4. The van der Waals surface area contributed by atoms with Gasteiger partial charge in [-0.3, -0.25) is 4.90 Å². The lowest BCUT2D eigenvalue weighted by atomic mass is 10.2. The Morgan fingerprint density at radius 1 is 1.56 bits per heavy atom. The monoisotopic (exact) mass is 242 g/mol. The van der Waals surface area contributed by atoms with Crippen LogP contribution >= 0.6 is 0 Å². The summed E-state index contributed by atoms with van der Waals surface area (Å²) in [6.07, 6.45) is -5.08. The molecular weight excluding hydrogens is 225 g/mol. The van der Waals surface area contributed by atoms with Crippen molar-refractivity contribution in [2.45, 2.75) is 26.1 Å². The molecule has 0 bridgehead atoms. The van der Waals surface area contributed by atoms with E-state index in [4.69, 9.17) is 9.90 Å². The van der Waals surface area contributed by atoms with Crippen molar-refractivity contribution in [3.63, 3.8) is 0 Å². The van der Waals surface area contributed by atoms with Gasteiger partial charge in [0.05, 0.1) is 0 Å². The highest BCUT2D eigenvalue weighted by atomic mass is 19.4. The molecule has 16 heavy (non-hydrogen) atoms. The number of carboxylic acid groups (broad SMARTS) is 1. The maximum absolute atomic E-state index is 10.6. The number of alkyl halides is 3. The van der Waals surface area contributed by atoms with Gasteiger partial charge < -0.3 is 10.4 Å². The van der Waals surface area contributed by atoms with Crippen molar-refractivity contribution in [3.8, 4) is 0 Å². The van der Waals surface area contributed by atoms with E-state index in [-0.39, 0.29) is 0 Å². The fraction of sp³-hybridized carbons (Fsp3) is 0.889. The van der Waals surface area contributed by atoms with Gasteiger partial charge in [0.1, 0.15) is 0 Å². The summed E-state index contributed by atoms with van der Waals surface area (Å²) in [7, 11) is 0. The Bertz CT molecular complexity index is 221. The average molecular weight is 242 g/mol. The molecule has 7 heteroatoms. The summed E-state index contributed by atoms with van der Waals surface area (Å²) in [5.41, 5.74) is 0. The first-order chi connectivity index (χ1) is 7.29. The van der Waals surface area contributed by atoms with Crippen LogP contribution in [-0.4, -0.2) is 54.4 Å². The van der Waals surface area contributed by atoms with Crippen LogP contribution in [0.25, 0.3) is 0 Å². The van der Waals surface area contributed by atoms with Crippen molar-refractivity contribution in [3.05, 3.63) is 0 Å². The molecule has 1 aliphatic heterocycles. The largest absolute Gasteiger partial charge is 0.490 e. The predicted molar refractivity (Wildman–Crippen MR) is 53.3 cm³/mol. The third-order valence-corrected chi connectivity index (χ3v) is 2.29. The second kappa shape index (κ2) is 6.70. The van der Waals surface area contributed by atoms with E-state index in [1.54, 1.807) is 0 Å². The van der Waals surface area contributed by atoms with Gasteiger partial charge in [0.2, 0.25) is 0 Å². The van der Waals surface area contributed by atoms with Gasteiger partial charge >= 0.3 is 12.1 Å². The summed E-state index contributed by atoms with van der Waals surface area (Å²) >= 11 is 0. The third-order valence-electron chi connectivity index (χ3n) is 2.29. The van der Waals surface area contributed by atoms with Crippen molar-refractivity contribution in [1.82, 2.24) is 10.2 Å². The maximum atomic E-state index is 10.6. The summed E-state index contributed by atoms with van der Waals surface area (Å²) in [6.45, 7) is 9.24. The number of nitrogens with one attached hydrogen (secondary N) is 1. The lowest BCUT2D eigenvalue weighted by Gasteiger charge is -2.32. The Morgan fingerprint density at radius 3 is 2.31 bits per heavy atom. The lowest BCUT2D eigenvalue weighted by Crippen LogP contribution is -2.49. The first-order valence-electron chi connectivity index (χ1n) is 5.04. The number of aliphatic carboxylic acids is 1. The van der Waals surface area contributed by atoms with Gasteiger partial charge in [0, 0.05) is 25.7 Å². The van der Waals surface area contributed by atoms with E-state index < -0.39 is 12.1 Å². The number of rotatable bonds is 1. The minimum absolute atomic E-state index is 0.740. The number of carboxylic acids is 1. The van der Waals surface area contributed by atoms with Gasteiger partial charge in [0.15, 0.2) is 0 Å². The molecule has 0 radical (unpaired) electrons. The second-order valence-electron chi connectivity index (χ2n) is 3.48. The van der Waals surface area contributed by atoms with Gasteiger partial charge in [-0.2, -0.15) is 13.2 Å². The Morgan fingerprint density at radius 2 is 2.06 bits per heavy atom. The summed E-state index contributed by atoms with van der Waals surface area (Å²) in [5.74, 6) is -2.76. The molecule has 0 unspecified atom stereocenters. The average Bonchev–Trinajstić information content (AvgIpc) is 2.18. The number of hydrogen-bond acceptors (Lipinski definition) is 3. The zero-order valence-corrected chi connectivity index (χ0v) is 9.34. The van der Waals surface area contributed by atoms with Gasteiger partial charge in [-0.05, 0) is 13.5 Å². The molecule has 1 rings (SSSR count). The molecule has 4 nitrogen and oxygen atoms in total. The molecule has 0 amide bonds. The van der Waals surface area contributed by atoms with Crippen molar-refractivity contribution in [2.75, 3.05) is 26.2 Å². The first-order valence-corrected chi connectivity index (χ1v) is 5.04. The van der Waals surface area contributed by atoms with Gasteiger partial charge in [-0.15, -0.1) is 0 Å². The standard InChI is InChI=1S/C7H16N2.C2HF3O2/c1-3-9-5-4-8-6-7(9)2;3-2(4,5)1(6)7/h7-8H,3-6H2,1-2H3;(H,6,7)/t7-;/m0./s1. The molecule has 1 heterocycles. The molecule has 2 N–H and O–H groups in total. The fourth-order valence-corrected chi connectivity index (χ4v) is 1.35. The SMILES string of the molecule is CCN1CCNC[C@@H]1C.O=C(O)C(F)(F)F. The van der Waals surface area contributed by atoms with Crippen LogP contribution in [-0.2, 0) is 4.79 Å². The van der Waals surface area contributed by atoms with Crippen molar-refractivity contribution < 1.29 is 23.1 Å². The second-order valence-corrected chi connectivity index (χ2v) is 3.48. The van der Waals surface area contributed by atoms with Crippen molar-refractivity contribution >= 4 is 5.97 Å². The minimum atomic E-state index is -5.08. The van der Waals surface area contributed by atoms with E-state index >= 15 is 0 Å². The quantitative estimate of drug-likeness (QED) is 0.718. The van der Waals surface area contributed by atoms with Crippen LogP contribution in [0.15, 0.2) is 0 Å². The Balaban J connectivity index is 0.000000293. The van der Waals surface area contributed by atoms with Crippen LogP contribution in [0.3, 0.4) is 0 Å². The highest BCUT2D eigenvalue weighted by Gasteiger charge is 2.38. The molecule has 96 valence electrons. The highest BCUT2D eigenvalue weighted by Crippen LogP contribution is 2.13. The van der Waals surface area contributed by atoms with Gasteiger partial charge in [-0.1, -0.05) is 6.92 Å². The molecule has 1 atom stereocenters. The fourth-order valence-electron chi connectivity index (χ4n) is 1.35. The number of carbonyl (C=O) groups is 1. The van der Waals surface area contributed by atoms with E-state index in [0.29, 0.717) is 0 Å². The number of likely N-dealkylation sites (N-methyl/N-ethyl adjacent to an activating group) is 1. The molecule has 1 saturated heterocycles. The third kappa shape index (κ3) is 5.92. The van der Waals surface area contributed by atoms with E-state index in [2.05, 4.69) is 24.1 Å². The van der Waals surface area contributed by atoms with Crippen LogP contribution in [0.2, 0.25) is 0 Å². The Kier molecular flexibility index (Phi) is 6.35. The Labute approximate surface area is 92.4 Å². The molecule has 0 saturated carbocycles. The van der Waals surface area contributed by atoms with Crippen LogP contribution < -0.4 is 5.32 Å². The molecule has 0 aromatic carbocycles. The topological polar surface area (TPSA) is 52.6 Å². The summed E-state index contributed by atoms with van der Waals surface area (Å²) in [5, 5.41) is 10.5. The number of halogens is 3. The predicted octanol–water partition coefficient (Wildman–Crippen LogP) is 0.933. The van der Waals surface area contributed by atoms with E-state index in [9.17, 15) is 13.2 Å².